The summed E-state index contributed by atoms with van der Waals surface area (Å²) in [5, 5.41) is 3.15. The Kier molecular flexibility index (Phi) is 4.98. The Labute approximate surface area is 149 Å². The molecule has 1 saturated heterocycles. The highest BCUT2D eigenvalue weighted by atomic mass is 35.5. The maximum atomic E-state index is 13.2. The van der Waals surface area contributed by atoms with Crippen molar-refractivity contribution in [1.29, 1.82) is 0 Å². The van der Waals surface area contributed by atoms with Crippen LogP contribution in [0.4, 0.5) is 14.9 Å². The maximum absolute atomic E-state index is 13.2. The standard InChI is InChI=1S/C16H17ClFN5O2/c1-22-14(8-23(16(22)25)12-6-19-9-20-7-12)15(24)21-5-10-2-3-11(18)4-13(10)17/h2-3,6-7,9,11,14H,4-5,8H2,1H3,(H,21,24). The number of anilines is 1. The lowest BCUT2D eigenvalue weighted by molar-refractivity contribution is -0.124. The second-order valence-electron chi connectivity index (χ2n) is 5.84. The lowest BCUT2D eigenvalue weighted by Gasteiger charge is -2.19. The van der Waals surface area contributed by atoms with Gasteiger partial charge < -0.3 is 10.2 Å². The van der Waals surface area contributed by atoms with Gasteiger partial charge in [-0.1, -0.05) is 17.7 Å². The van der Waals surface area contributed by atoms with Crippen LogP contribution in [0, 0.1) is 0 Å². The van der Waals surface area contributed by atoms with E-state index in [1.807, 2.05) is 0 Å². The highest BCUT2D eigenvalue weighted by molar-refractivity contribution is 6.30. The minimum Gasteiger partial charge on any atom is -0.350 e. The van der Waals surface area contributed by atoms with E-state index in [2.05, 4.69) is 15.3 Å². The third-order valence-electron chi connectivity index (χ3n) is 4.20. The van der Waals surface area contributed by atoms with Crippen molar-refractivity contribution in [3.63, 3.8) is 0 Å². The summed E-state index contributed by atoms with van der Waals surface area (Å²) < 4.78 is 13.2. The minimum atomic E-state index is -1.09. The highest BCUT2D eigenvalue weighted by Crippen LogP contribution is 2.24. The van der Waals surface area contributed by atoms with Gasteiger partial charge in [0.15, 0.2) is 0 Å². The zero-order valence-electron chi connectivity index (χ0n) is 13.5. The molecule has 2 heterocycles. The number of amides is 3. The van der Waals surface area contributed by atoms with Crippen LogP contribution >= 0.6 is 11.6 Å². The number of alkyl halides is 1. The first-order valence-corrected chi connectivity index (χ1v) is 8.12. The van der Waals surface area contributed by atoms with Gasteiger partial charge in [0, 0.05) is 25.0 Å². The average molecular weight is 366 g/mol. The Morgan fingerprint density at radius 2 is 2.16 bits per heavy atom. The summed E-state index contributed by atoms with van der Waals surface area (Å²) in [4.78, 5) is 35.4. The van der Waals surface area contributed by atoms with Crippen LogP contribution in [0.1, 0.15) is 6.42 Å². The third-order valence-corrected chi connectivity index (χ3v) is 4.60. The number of hydrogen-bond acceptors (Lipinski definition) is 4. The van der Waals surface area contributed by atoms with E-state index in [0.29, 0.717) is 16.3 Å². The Morgan fingerprint density at radius 1 is 1.44 bits per heavy atom. The first-order chi connectivity index (χ1) is 12.0. The first kappa shape index (κ1) is 17.3. The van der Waals surface area contributed by atoms with Gasteiger partial charge in [0.05, 0.1) is 24.6 Å². The molecule has 7 nitrogen and oxygen atoms in total. The van der Waals surface area contributed by atoms with Gasteiger partial charge in [0.1, 0.15) is 18.5 Å². The van der Waals surface area contributed by atoms with Crippen LogP contribution in [0.25, 0.3) is 0 Å². The molecule has 132 valence electrons. The number of hydrogen-bond donors (Lipinski definition) is 1. The molecular formula is C16H17ClFN5O2. The first-order valence-electron chi connectivity index (χ1n) is 7.74. The van der Waals surface area contributed by atoms with E-state index >= 15 is 0 Å². The van der Waals surface area contributed by atoms with Crippen molar-refractivity contribution in [2.75, 3.05) is 25.0 Å². The molecule has 1 aromatic heterocycles. The van der Waals surface area contributed by atoms with Crippen molar-refractivity contribution in [2.45, 2.75) is 18.6 Å². The molecule has 2 atom stereocenters. The van der Waals surface area contributed by atoms with Crippen molar-refractivity contribution >= 4 is 29.2 Å². The van der Waals surface area contributed by atoms with Crippen molar-refractivity contribution in [3.8, 4) is 0 Å². The molecule has 0 spiro atoms. The largest absolute Gasteiger partial charge is 0.350 e. The average Bonchev–Trinajstić information content (AvgIpc) is 2.90. The maximum Gasteiger partial charge on any atom is 0.325 e. The molecule has 1 aromatic rings. The van der Waals surface area contributed by atoms with E-state index in [1.54, 1.807) is 13.1 Å². The van der Waals surface area contributed by atoms with Gasteiger partial charge in [-0.2, -0.15) is 0 Å². The summed E-state index contributed by atoms with van der Waals surface area (Å²) >= 11 is 6.03. The Morgan fingerprint density at radius 3 is 2.84 bits per heavy atom. The monoisotopic (exact) mass is 365 g/mol. The molecule has 25 heavy (non-hydrogen) atoms. The van der Waals surface area contributed by atoms with Gasteiger partial charge in [0.2, 0.25) is 5.91 Å². The topological polar surface area (TPSA) is 78.4 Å². The molecule has 0 bridgehead atoms. The summed E-state index contributed by atoms with van der Waals surface area (Å²) in [5.41, 5.74) is 1.20. The minimum absolute atomic E-state index is 0.118. The van der Waals surface area contributed by atoms with Gasteiger partial charge in [-0.05, 0) is 11.6 Å². The Bertz CT molecular complexity index is 739. The zero-order valence-corrected chi connectivity index (χ0v) is 14.3. The molecule has 2 aliphatic rings. The number of nitrogens with one attached hydrogen (secondary N) is 1. The van der Waals surface area contributed by atoms with Crippen molar-refractivity contribution in [3.05, 3.63) is 41.5 Å². The van der Waals surface area contributed by atoms with Gasteiger partial charge in [0.25, 0.3) is 0 Å². The van der Waals surface area contributed by atoms with E-state index in [1.165, 1.54) is 34.6 Å². The van der Waals surface area contributed by atoms with Crippen LogP contribution < -0.4 is 10.2 Å². The number of likely N-dealkylation sites (N-methyl/N-ethyl adjacent to an activating group) is 1. The van der Waals surface area contributed by atoms with Crippen molar-refractivity contribution in [1.82, 2.24) is 20.2 Å². The summed E-state index contributed by atoms with van der Waals surface area (Å²) in [6, 6.07) is -0.946. The SMILES string of the molecule is CN1C(=O)N(c2cncnc2)CC1C(=O)NCC1=C(Cl)CC(F)C=C1. The molecule has 0 saturated carbocycles. The van der Waals surface area contributed by atoms with E-state index in [-0.39, 0.29) is 31.4 Å². The number of rotatable bonds is 4. The fourth-order valence-electron chi connectivity index (χ4n) is 2.74. The van der Waals surface area contributed by atoms with Gasteiger partial charge in [-0.3, -0.25) is 9.69 Å². The molecule has 0 aromatic carbocycles. The van der Waals surface area contributed by atoms with Crippen LogP contribution in [0.15, 0.2) is 41.5 Å². The van der Waals surface area contributed by atoms with Crippen LogP contribution in [0.5, 0.6) is 0 Å². The number of urea groups is 1. The number of carbonyl (C=O) groups excluding carboxylic acids is 2. The molecule has 2 unspecified atom stereocenters. The lowest BCUT2D eigenvalue weighted by Crippen LogP contribution is -2.44. The molecule has 1 aliphatic carbocycles. The second-order valence-corrected chi connectivity index (χ2v) is 6.30. The van der Waals surface area contributed by atoms with E-state index < -0.39 is 12.2 Å². The molecule has 9 heteroatoms. The molecule has 3 amide bonds. The normalized spacial score (nSPS) is 23.4. The van der Waals surface area contributed by atoms with Crippen LogP contribution in [-0.2, 0) is 4.79 Å². The molecule has 1 aliphatic heterocycles. The van der Waals surface area contributed by atoms with Crippen molar-refractivity contribution < 1.29 is 14.0 Å². The van der Waals surface area contributed by atoms with Crippen LogP contribution in [-0.4, -0.2) is 59.2 Å². The van der Waals surface area contributed by atoms with Crippen LogP contribution in [0.2, 0.25) is 0 Å². The third kappa shape index (κ3) is 3.63. The smallest absolute Gasteiger partial charge is 0.325 e. The Hall–Kier alpha value is -2.48. The fourth-order valence-corrected chi connectivity index (χ4v) is 3.02. The molecule has 3 rings (SSSR count). The number of nitrogens with zero attached hydrogens (tertiary/aromatic N) is 4. The van der Waals surface area contributed by atoms with E-state index in [4.69, 9.17) is 11.6 Å². The predicted molar refractivity (Wildman–Crippen MR) is 90.9 cm³/mol. The van der Waals surface area contributed by atoms with Crippen LogP contribution in [0.3, 0.4) is 0 Å². The van der Waals surface area contributed by atoms with Gasteiger partial charge in [-0.25, -0.2) is 19.2 Å². The van der Waals surface area contributed by atoms with E-state index in [0.717, 1.165) is 0 Å². The lowest BCUT2D eigenvalue weighted by atomic mass is 10.1. The Balaban J connectivity index is 1.64. The quantitative estimate of drug-likeness (QED) is 0.879. The summed E-state index contributed by atoms with van der Waals surface area (Å²) in [7, 11) is 1.57. The van der Waals surface area contributed by atoms with E-state index in [9.17, 15) is 14.0 Å². The summed E-state index contributed by atoms with van der Waals surface area (Å²) in [6.45, 7) is 0.386. The zero-order chi connectivity index (χ0) is 18.0. The number of allylic oxidation sites excluding steroid dienone is 2. The number of carbonyl (C=O) groups is 2. The summed E-state index contributed by atoms with van der Waals surface area (Å²) in [5.74, 6) is -0.303. The fraction of sp³-hybridized carbons (Fsp3) is 0.375. The number of halogens is 2. The van der Waals surface area contributed by atoms with Crippen molar-refractivity contribution in [2.24, 2.45) is 0 Å². The molecular weight excluding hydrogens is 349 g/mol. The van der Waals surface area contributed by atoms with Gasteiger partial charge in [-0.15, -0.1) is 0 Å². The highest BCUT2D eigenvalue weighted by Gasteiger charge is 2.39. The molecule has 1 fully saturated rings. The second kappa shape index (κ2) is 7.18. The predicted octanol–water partition coefficient (Wildman–Crippen LogP) is 1.62. The van der Waals surface area contributed by atoms with Gasteiger partial charge >= 0.3 is 6.03 Å². The summed E-state index contributed by atoms with van der Waals surface area (Å²) in [6.07, 6.45) is 6.42. The molecule has 1 N–H and O–H groups in total. The molecule has 0 radical (unpaired) electrons. The number of aromatic nitrogens is 2.